The van der Waals surface area contributed by atoms with E-state index in [1.54, 1.807) is 14.2 Å². The quantitative estimate of drug-likeness (QED) is 0.606. The molecule has 6 heteroatoms. The minimum Gasteiger partial charge on any atom is -0.377 e. The molecular weight excluding hydrogens is 284 g/mol. The van der Waals surface area contributed by atoms with Gasteiger partial charge in [0.1, 0.15) is 0 Å². The smallest absolute Gasteiger partial charge is 0.377 e. The predicted octanol–water partition coefficient (Wildman–Crippen LogP) is 1.54. The number of rotatable bonds is 11. The molecule has 0 fully saturated rings. The van der Waals surface area contributed by atoms with Crippen LogP contribution in [0.5, 0.6) is 0 Å². The van der Waals surface area contributed by atoms with Crippen molar-refractivity contribution in [3.05, 3.63) is 35.9 Å². The van der Waals surface area contributed by atoms with E-state index in [4.69, 9.17) is 24.7 Å². The molecule has 1 aromatic carbocycles. The summed E-state index contributed by atoms with van der Waals surface area (Å²) in [6.07, 6.45) is 2.45. The molecule has 0 spiro atoms. The van der Waals surface area contributed by atoms with Gasteiger partial charge in [0.2, 0.25) is 0 Å². The summed E-state index contributed by atoms with van der Waals surface area (Å²) in [7, 11) is 0.681. The number of benzene rings is 1. The van der Waals surface area contributed by atoms with Crippen LogP contribution in [0.1, 0.15) is 18.4 Å². The number of nitrogens with two attached hydrogens (primary N) is 2. The van der Waals surface area contributed by atoms with Crippen molar-refractivity contribution >= 4 is 8.80 Å². The maximum Gasteiger partial charge on any atom is 0.500 e. The molecule has 0 aliphatic rings. The fourth-order valence-electron chi connectivity index (χ4n) is 2.17. The fraction of sp³-hybridized carbons (Fsp3) is 0.600. The molecular formula is C15H28N2O3Si. The summed E-state index contributed by atoms with van der Waals surface area (Å²) in [6, 6.07) is 11.0. The van der Waals surface area contributed by atoms with Gasteiger partial charge in [-0.25, -0.2) is 0 Å². The van der Waals surface area contributed by atoms with Crippen LogP contribution in [0.15, 0.2) is 30.3 Å². The average molecular weight is 312 g/mol. The first-order chi connectivity index (χ1) is 10.2. The van der Waals surface area contributed by atoms with Crippen LogP contribution in [0, 0.1) is 0 Å². The molecule has 0 saturated carbocycles. The normalized spacial score (nSPS) is 13.3. The highest BCUT2D eigenvalue weighted by Gasteiger charge is 2.38. The van der Waals surface area contributed by atoms with E-state index in [1.165, 1.54) is 5.56 Å². The molecule has 0 heterocycles. The molecule has 1 rings (SSSR count). The minimum absolute atomic E-state index is 0.0740. The van der Waals surface area contributed by atoms with Crippen molar-refractivity contribution in [2.75, 3.05) is 27.4 Å². The van der Waals surface area contributed by atoms with Gasteiger partial charge in [-0.05, 0) is 31.4 Å². The van der Waals surface area contributed by atoms with Crippen molar-refractivity contribution in [3.63, 3.8) is 0 Å². The molecule has 4 N–H and O–H groups in total. The molecule has 0 aliphatic carbocycles. The highest BCUT2D eigenvalue weighted by Crippen LogP contribution is 2.18. The molecule has 0 radical (unpaired) electrons. The third kappa shape index (κ3) is 6.69. The van der Waals surface area contributed by atoms with Crippen molar-refractivity contribution in [3.8, 4) is 0 Å². The molecule has 1 aromatic rings. The Labute approximate surface area is 128 Å². The van der Waals surface area contributed by atoms with Crippen molar-refractivity contribution in [2.45, 2.75) is 31.3 Å². The van der Waals surface area contributed by atoms with Gasteiger partial charge < -0.3 is 24.7 Å². The standard InChI is InChI=1S/C15H28N2O3Si/c1-18-21(19-2,13-10-15(17)8-11-16)20-12-9-14-6-4-3-5-7-14/h3-7,15H,8-13,16-17H2,1-2H3. The van der Waals surface area contributed by atoms with Crippen molar-refractivity contribution in [2.24, 2.45) is 11.5 Å². The van der Waals surface area contributed by atoms with Gasteiger partial charge in [0.05, 0.1) is 0 Å². The molecule has 0 amide bonds. The average Bonchev–Trinajstić information content (AvgIpc) is 2.52. The van der Waals surface area contributed by atoms with Gasteiger partial charge in [0.15, 0.2) is 0 Å². The Kier molecular flexibility index (Phi) is 8.75. The van der Waals surface area contributed by atoms with Crippen LogP contribution in [0.25, 0.3) is 0 Å². The zero-order chi connectivity index (χ0) is 15.6. The van der Waals surface area contributed by atoms with Gasteiger partial charge in [-0.2, -0.15) is 0 Å². The first-order valence-electron chi connectivity index (χ1n) is 7.39. The zero-order valence-electron chi connectivity index (χ0n) is 13.1. The molecule has 21 heavy (non-hydrogen) atoms. The summed E-state index contributed by atoms with van der Waals surface area (Å²) in [4.78, 5) is 0. The lowest BCUT2D eigenvalue weighted by atomic mass is 10.2. The van der Waals surface area contributed by atoms with E-state index in [9.17, 15) is 0 Å². The van der Waals surface area contributed by atoms with Crippen LogP contribution in [-0.4, -0.2) is 42.2 Å². The van der Waals surface area contributed by atoms with Crippen LogP contribution < -0.4 is 11.5 Å². The van der Waals surface area contributed by atoms with Crippen molar-refractivity contribution in [1.82, 2.24) is 0 Å². The molecule has 1 unspecified atom stereocenters. The molecule has 5 nitrogen and oxygen atoms in total. The Hall–Kier alpha value is -0.763. The molecule has 120 valence electrons. The Morgan fingerprint density at radius 1 is 1.10 bits per heavy atom. The van der Waals surface area contributed by atoms with E-state index in [0.29, 0.717) is 13.2 Å². The highest BCUT2D eigenvalue weighted by molar-refractivity contribution is 6.60. The lowest BCUT2D eigenvalue weighted by molar-refractivity contribution is 0.0982. The summed E-state index contributed by atoms with van der Waals surface area (Å²) < 4.78 is 17.1. The van der Waals surface area contributed by atoms with Crippen LogP contribution in [-0.2, 0) is 19.7 Å². The monoisotopic (exact) mass is 312 g/mol. The summed E-state index contributed by atoms with van der Waals surface area (Å²) in [6.45, 7) is 1.19. The summed E-state index contributed by atoms with van der Waals surface area (Å²) in [5.41, 5.74) is 12.8. The molecule has 0 saturated heterocycles. The zero-order valence-corrected chi connectivity index (χ0v) is 14.1. The van der Waals surface area contributed by atoms with Gasteiger partial charge >= 0.3 is 8.80 Å². The number of hydrogen-bond donors (Lipinski definition) is 2. The maximum absolute atomic E-state index is 6.00. The van der Waals surface area contributed by atoms with E-state index >= 15 is 0 Å². The molecule has 0 bridgehead atoms. The molecule has 0 aromatic heterocycles. The second kappa shape index (κ2) is 10.0. The van der Waals surface area contributed by atoms with E-state index in [-0.39, 0.29) is 6.04 Å². The molecule has 0 aliphatic heterocycles. The third-order valence-corrected chi connectivity index (χ3v) is 6.33. The minimum atomic E-state index is -2.61. The summed E-state index contributed by atoms with van der Waals surface area (Å²) >= 11 is 0. The van der Waals surface area contributed by atoms with Crippen LogP contribution in [0.4, 0.5) is 0 Å². The van der Waals surface area contributed by atoms with E-state index in [0.717, 1.165) is 25.3 Å². The maximum atomic E-state index is 6.00. The fourth-order valence-corrected chi connectivity index (χ4v) is 4.26. The van der Waals surface area contributed by atoms with E-state index in [1.807, 2.05) is 18.2 Å². The van der Waals surface area contributed by atoms with E-state index in [2.05, 4.69) is 12.1 Å². The van der Waals surface area contributed by atoms with Gasteiger partial charge in [0, 0.05) is 32.9 Å². The Bertz CT molecular complexity index is 374. The summed E-state index contributed by atoms with van der Waals surface area (Å²) in [5.74, 6) is 0. The largest absolute Gasteiger partial charge is 0.500 e. The lowest BCUT2D eigenvalue weighted by Gasteiger charge is -2.27. The number of hydrogen-bond acceptors (Lipinski definition) is 5. The summed E-state index contributed by atoms with van der Waals surface area (Å²) in [5, 5.41) is 0. The molecule has 1 atom stereocenters. The predicted molar refractivity (Wildman–Crippen MR) is 86.9 cm³/mol. The van der Waals surface area contributed by atoms with Gasteiger partial charge in [-0.3, -0.25) is 0 Å². The first kappa shape index (κ1) is 18.3. The van der Waals surface area contributed by atoms with E-state index < -0.39 is 8.80 Å². The van der Waals surface area contributed by atoms with Gasteiger partial charge in [-0.15, -0.1) is 0 Å². The van der Waals surface area contributed by atoms with Crippen LogP contribution in [0.2, 0.25) is 6.04 Å². The third-order valence-electron chi connectivity index (χ3n) is 3.54. The second-order valence-corrected chi connectivity index (χ2v) is 8.02. The highest BCUT2D eigenvalue weighted by atomic mass is 28.4. The Morgan fingerprint density at radius 3 is 2.33 bits per heavy atom. The Balaban J connectivity index is 2.43. The SMILES string of the molecule is CO[Si](CCC(N)CCN)(OC)OCCc1ccccc1. The van der Waals surface area contributed by atoms with Gasteiger partial charge in [0.25, 0.3) is 0 Å². The van der Waals surface area contributed by atoms with Crippen molar-refractivity contribution < 1.29 is 13.3 Å². The lowest BCUT2D eigenvalue weighted by Crippen LogP contribution is -2.45. The topological polar surface area (TPSA) is 79.7 Å². The first-order valence-corrected chi connectivity index (χ1v) is 9.33. The van der Waals surface area contributed by atoms with Crippen LogP contribution in [0.3, 0.4) is 0 Å². The Morgan fingerprint density at radius 2 is 1.76 bits per heavy atom. The van der Waals surface area contributed by atoms with Crippen molar-refractivity contribution in [1.29, 1.82) is 0 Å². The van der Waals surface area contributed by atoms with Gasteiger partial charge in [-0.1, -0.05) is 30.3 Å². The second-order valence-electron chi connectivity index (χ2n) is 5.05. The van der Waals surface area contributed by atoms with Crippen LogP contribution >= 0.6 is 0 Å².